The summed E-state index contributed by atoms with van der Waals surface area (Å²) in [5.41, 5.74) is 2.91. The number of nitrogens with zero attached hydrogens (tertiary/aromatic N) is 6. The predicted octanol–water partition coefficient (Wildman–Crippen LogP) is 3.71. The smallest absolute Gasteiger partial charge is 0.300 e. The molecule has 2 aromatic carbocycles. The number of aromatic nitrogens is 5. The van der Waals surface area contributed by atoms with E-state index in [4.69, 9.17) is 4.74 Å². The number of anilines is 3. The molecule has 10 nitrogen and oxygen atoms in total. The van der Waals surface area contributed by atoms with Gasteiger partial charge in [-0.2, -0.15) is 0 Å². The van der Waals surface area contributed by atoms with Gasteiger partial charge in [-0.25, -0.2) is 19.9 Å². The Morgan fingerprint density at radius 1 is 1.03 bits per heavy atom. The molecule has 2 N–H and O–H groups in total. The lowest BCUT2D eigenvalue weighted by atomic mass is 10.2. The van der Waals surface area contributed by atoms with E-state index in [2.05, 4.69) is 42.4 Å². The summed E-state index contributed by atoms with van der Waals surface area (Å²) in [7, 11) is 3.79. The standard InChI is InChI=1S/C26H22N8O2/c1-33(2)12-3-4-24(35)31-19-7-10-22-21(14-19)26(29-16-28-22)32-18-5-8-20(9-6-18)36-25-15-23-27-11-13-34(23)17-30-25/h5-11,13-17H,12H2,1-2H3,(H,31,35)(H,28,29,32). The molecule has 5 rings (SSSR count). The number of ether oxygens (including phenoxy) is 1. The van der Waals surface area contributed by atoms with E-state index < -0.39 is 0 Å². The SMILES string of the molecule is CN(C)CC#CC(=O)Nc1ccc2ncnc(Nc3ccc(Oc4cc5nccn5cn4)cc3)c2c1. The highest BCUT2D eigenvalue weighted by molar-refractivity contribution is 6.05. The first kappa shape index (κ1) is 22.8. The molecule has 36 heavy (non-hydrogen) atoms. The summed E-state index contributed by atoms with van der Waals surface area (Å²) in [6.45, 7) is 0.507. The van der Waals surface area contributed by atoms with Gasteiger partial charge in [-0.15, -0.1) is 0 Å². The third-order valence-electron chi connectivity index (χ3n) is 5.09. The zero-order valence-corrected chi connectivity index (χ0v) is 19.6. The molecule has 0 atom stereocenters. The fourth-order valence-electron chi connectivity index (χ4n) is 3.39. The maximum Gasteiger partial charge on any atom is 0.300 e. The Hall–Kier alpha value is -5.01. The first-order valence-corrected chi connectivity index (χ1v) is 11.1. The number of hydrogen-bond acceptors (Lipinski definition) is 8. The van der Waals surface area contributed by atoms with Crippen molar-refractivity contribution in [2.75, 3.05) is 31.3 Å². The highest BCUT2D eigenvalue weighted by Crippen LogP contribution is 2.27. The van der Waals surface area contributed by atoms with E-state index in [-0.39, 0.29) is 5.91 Å². The summed E-state index contributed by atoms with van der Waals surface area (Å²) in [6, 6.07) is 14.6. The third-order valence-corrected chi connectivity index (χ3v) is 5.09. The number of imidazole rings is 1. The maximum atomic E-state index is 12.1. The molecule has 0 fully saturated rings. The summed E-state index contributed by atoms with van der Waals surface area (Å²) in [6.07, 6.45) is 6.67. The largest absolute Gasteiger partial charge is 0.439 e. The number of amides is 1. The second kappa shape index (κ2) is 10.1. The quantitative estimate of drug-likeness (QED) is 0.356. The van der Waals surface area contributed by atoms with Gasteiger partial charge >= 0.3 is 0 Å². The van der Waals surface area contributed by atoms with Crippen LogP contribution in [0.3, 0.4) is 0 Å². The van der Waals surface area contributed by atoms with Crippen LogP contribution in [0.15, 0.2) is 73.6 Å². The molecule has 0 saturated carbocycles. The number of carbonyl (C=O) groups is 1. The van der Waals surface area contributed by atoms with Crippen LogP contribution in [0.1, 0.15) is 0 Å². The second-order valence-electron chi connectivity index (χ2n) is 8.12. The fourth-order valence-corrected chi connectivity index (χ4v) is 3.39. The van der Waals surface area contributed by atoms with Gasteiger partial charge in [0.25, 0.3) is 5.91 Å². The lowest BCUT2D eigenvalue weighted by Gasteiger charge is -2.11. The normalized spacial score (nSPS) is 10.8. The van der Waals surface area contributed by atoms with Crippen LogP contribution < -0.4 is 15.4 Å². The van der Waals surface area contributed by atoms with Crippen LogP contribution in [0.25, 0.3) is 16.6 Å². The first-order chi connectivity index (χ1) is 17.5. The Morgan fingerprint density at radius 3 is 2.69 bits per heavy atom. The molecule has 0 aliphatic rings. The van der Waals surface area contributed by atoms with Gasteiger partial charge in [0.2, 0.25) is 5.88 Å². The van der Waals surface area contributed by atoms with Crippen molar-refractivity contribution >= 4 is 39.6 Å². The van der Waals surface area contributed by atoms with Crippen LogP contribution in [-0.4, -0.2) is 55.8 Å². The highest BCUT2D eigenvalue weighted by atomic mass is 16.5. The van der Waals surface area contributed by atoms with Gasteiger partial charge in [0.1, 0.15) is 29.9 Å². The van der Waals surface area contributed by atoms with Crippen molar-refractivity contribution in [2.45, 2.75) is 0 Å². The molecule has 5 aromatic rings. The van der Waals surface area contributed by atoms with Crippen LogP contribution in [0, 0.1) is 11.8 Å². The molecule has 0 spiro atoms. The van der Waals surface area contributed by atoms with E-state index in [0.29, 0.717) is 29.7 Å². The Kier molecular flexibility index (Phi) is 6.38. The molecular weight excluding hydrogens is 456 g/mol. The molecule has 1 amide bonds. The number of carbonyl (C=O) groups excluding carboxylic acids is 1. The van der Waals surface area contributed by atoms with Gasteiger partial charge in [0, 0.05) is 35.2 Å². The average molecular weight is 479 g/mol. The summed E-state index contributed by atoms with van der Waals surface area (Å²) in [5, 5.41) is 6.86. The summed E-state index contributed by atoms with van der Waals surface area (Å²) < 4.78 is 7.66. The van der Waals surface area contributed by atoms with Crippen LogP contribution >= 0.6 is 0 Å². The van der Waals surface area contributed by atoms with E-state index in [9.17, 15) is 4.79 Å². The Bertz CT molecular complexity index is 1600. The minimum absolute atomic E-state index is 0.375. The van der Waals surface area contributed by atoms with Crippen molar-refractivity contribution < 1.29 is 9.53 Å². The lowest BCUT2D eigenvalue weighted by molar-refractivity contribution is -0.111. The topological polar surface area (TPSA) is 110 Å². The molecule has 0 saturated heterocycles. The van der Waals surface area contributed by atoms with Crippen molar-refractivity contribution in [1.29, 1.82) is 0 Å². The minimum Gasteiger partial charge on any atom is -0.439 e. The van der Waals surface area contributed by atoms with Gasteiger partial charge in [-0.3, -0.25) is 14.1 Å². The lowest BCUT2D eigenvalue weighted by Crippen LogP contribution is -2.13. The number of nitrogens with one attached hydrogen (secondary N) is 2. The summed E-state index contributed by atoms with van der Waals surface area (Å²) in [4.78, 5) is 31.3. The molecule has 3 aromatic heterocycles. The molecule has 0 aliphatic carbocycles. The zero-order chi connectivity index (χ0) is 24.9. The molecule has 0 unspecified atom stereocenters. The number of rotatable bonds is 6. The number of fused-ring (bicyclic) bond motifs is 2. The van der Waals surface area contributed by atoms with Crippen LogP contribution in [-0.2, 0) is 4.79 Å². The summed E-state index contributed by atoms with van der Waals surface area (Å²) >= 11 is 0. The van der Waals surface area contributed by atoms with Crippen molar-refractivity contribution in [2.24, 2.45) is 0 Å². The average Bonchev–Trinajstić information content (AvgIpc) is 3.33. The number of benzene rings is 2. The fraction of sp³-hybridized carbons (Fsp3) is 0.115. The van der Waals surface area contributed by atoms with Gasteiger partial charge in [-0.05, 0) is 62.5 Å². The maximum absolute atomic E-state index is 12.1. The number of hydrogen-bond donors (Lipinski definition) is 2. The molecule has 10 heteroatoms. The molecule has 0 aliphatic heterocycles. The van der Waals surface area contributed by atoms with Gasteiger partial charge < -0.3 is 15.4 Å². The first-order valence-electron chi connectivity index (χ1n) is 11.1. The minimum atomic E-state index is -0.375. The Morgan fingerprint density at radius 2 is 1.86 bits per heavy atom. The van der Waals surface area contributed by atoms with Gasteiger partial charge in [0.05, 0.1) is 12.1 Å². The second-order valence-corrected chi connectivity index (χ2v) is 8.12. The zero-order valence-electron chi connectivity index (χ0n) is 19.6. The summed E-state index contributed by atoms with van der Waals surface area (Å²) in [5.74, 6) is 6.73. The molecule has 0 bridgehead atoms. The van der Waals surface area contributed by atoms with Crippen LogP contribution in [0.5, 0.6) is 11.6 Å². The van der Waals surface area contributed by atoms with Gasteiger partial charge in [0.15, 0.2) is 0 Å². The third kappa shape index (κ3) is 5.38. The van der Waals surface area contributed by atoms with E-state index >= 15 is 0 Å². The van der Waals surface area contributed by atoms with E-state index in [1.807, 2.05) is 61.6 Å². The van der Waals surface area contributed by atoms with E-state index in [1.54, 1.807) is 29.1 Å². The van der Waals surface area contributed by atoms with E-state index in [0.717, 1.165) is 22.2 Å². The molecular formula is C26H22N8O2. The van der Waals surface area contributed by atoms with Crippen molar-refractivity contribution in [3.8, 4) is 23.5 Å². The van der Waals surface area contributed by atoms with E-state index in [1.165, 1.54) is 6.33 Å². The Labute approximate surface area is 207 Å². The molecule has 0 radical (unpaired) electrons. The monoisotopic (exact) mass is 478 g/mol. The molecule has 3 heterocycles. The van der Waals surface area contributed by atoms with Gasteiger partial charge in [-0.1, -0.05) is 5.92 Å². The highest BCUT2D eigenvalue weighted by Gasteiger charge is 2.08. The van der Waals surface area contributed by atoms with Crippen LogP contribution in [0.4, 0.5) is 17.2 Å². The van der Waals surface area contributed by atoms with Crippen molar-refractivity contribution in [1.82, 2.24) is 29.2 Å². The van der Waals surface area contributed by atoms with Crippen LogP contribution in [0.2, 0.25) is 0 Å². The predicted molar refractivity (Wildman–Crippen MR) is 137 cm³/mol. The molecule has 178 valence electrons. The van der Waals surface area contributed by atoms with Crippen molar-refractivity contribution in [3.63, 3.8) is 0 Å². The van der Waals surface area contributed by atoms with Crippen molar-refractivity contribution in [3.05, 3.63) is 73.6 Å². The Balaban J connectivity index is 1.30.